The van der Waals surface area contributed by atoms with Gasteiger partial charge in [-0.15, -0.1) is 0 Å². The molecule has 2 aliphatic heterocycles. The first-order valence-electron chi connectivity index (χ1n) is 9.69. The number of benzene rings is 2. The molecule has 0 spiro atoms. The van der Waals surface area contributed by atoms with Gasteiger partial charge in [0.25, 0.3) is 0 Å². The molecule has 2 atom stereocenters. The summed E-state index contributed by atoms with van der Waals surface area (Å²) in [5.74, 6) is 0.459. The lowest BCUT2D eigenvalue weighted by atomic mass is 10.1. The molecule has 0 aliphatic carbocycles. The Labute approximate surface area is 166 Å². The summed E-state index contributed by atoms with van der Waals surface area (Å²) in [7, 11) is 0. The van der Waals surface area contributed by atoms with Gasteiger partial charge in [-0.1, -0.05) is 35.9 Å². The summed E-state index contributed by atoms with van der Waals surface area (Å²) in [4.78, 5) is 17.1. The van der Waals surface area contributed by atoms with Crippen LogP contribution in [0.2, 0.25) is 5.02 Å². The molecule has 2 aliphatic rings. The average Bonchev–Trinajstić information content (AvgIpc) is 3.25. The molecule has 2 aromatic rings. The Balaban J connectivity index is 1.36. The Morgan fingerprint density at radius 1 is 1.22 bits per heavy atom. The van der Waals surface area contributed by atoms with E-state index in [4.69, 9.17) is 11.6 Å². The van der Waals surface area contributed by atoms with Crippen LogP contribution in [0.25, 0.3) is 0 Å². The van der Waals surface area contributed by atoms with Crippen molar-refractivity contribution in [3.8, 4) is 0 Å². The first-order chi connectivity index (χ1) is 13.0. The fraction of sp³-hybridized carbons (Fsp3) is 0.409. The van der Waals surface area contributed by atoms with Gasteiger partial charge in [-0.2, -0.15) is 0 Å². The van der Waals surface area contributed by atoms with Crippen molar-refractivity contribution in [2.24, 2.45) is 5.92 Å². The van der Waals surface area contributed by atoms with E-state index < -0.39 is 0 Å². The van der Waals surface area contributed by atoms with Crippen molar-refractivity contribution >= 4 is 29.0 Å². The average molecular weight is 384 g/mol. The molecule has 1 fully saturated rings. The molecule has 5 heteroatoms. The summed E-state index contributed by atoms with van der Waals surface area (Å²) < 4.78 is 0. The van der Waals surface area contributed by atoms with Crippen molar-refractivity contribution in [3.63, 3.8) is 0 Å². The Morgan fingerprint density at radius 2 is 2.04 bits per heavy atom. The van der Waals surface area contributed by atoms with Gasteiger partial charge in [-0.25, -0.2) is 4.79 Å². The highest BCUT2D eigenvalue weighted by atomic mass is 35.5. The summed E-state index contributed by atoms with van der Waals surface area (Å²) in [6.07, 6.45) is 2.01. The maximum atomic E-state index is 12.8. The van der Waals surface area contributed by atoms with Crippen LogP contribution >= 0.6 is 11.6 Å². The second kappa shape index (κ2) is 7.43. The van der Waals surface area contributed by atoms with Gasteiger partial charge in [0.15, 0.2) is 0 Å². The minimum Gasteiger partial charge on any atom is -0.371 e. The van der Waals surface area contributed by atoms with Crippen LogP contribution in [0, 0.1) is 12.8 Å². The fourth-order valence-corrected chi connectivity index (χ4v) is 4.50. The summed E-state index contributed by atoms with van der Waals surface area (Å²) in [5, 5.41) is 3.94. The quantitative estimate of drug-likeness (QED) is 0.838. The van der Waals surface area contributed by atoms with Gasteiger partial charge in [-0.3, -0.25) is 4.90 Å². The van der Waals surface area contributed by atoms with Crippen molar-refractivity contribution in [3.05, 3.63) is 58.6 Å². The maximum Gasteiger partial charge on any atom is 0.322 e. The number of hydrogen-bond donors (Lipinski definition) is 1. The summed E-state index contributed by atoms with van der Waals surface area (Å²) in [6.45, 7) is 6.89. The zero-order chi connectivity index (χ0) is 19.0. The predicted molar refractivity (Wildman–Crippen MR) is 112 cm³/mol. The van der Waals surface area contributed by atoms with Gasteiger partial charge in [0.1, 0.15) is 0 Å². The first-order valence-corrected chi connectivity index (χ1v) is 10.1. The van der Waals surface area contributed by atoms with Gasteiger partial charge in [0.05, 0.1) is 0 Å². The predicted octanol–water partition coefficient (Wildman–Crippen LogP) is 4.64. The lowest BCUT2D eigenvalue weighted by Gasteiger charge is -2.24. The summed E-state index contributed by atoms with van der Waals surface area (Å²) >= 11 is 6.17. The molecule has 1 N–H and O–H groups in total. The standard InChI is InChI=1S/C22H26ClN3O/c1-15-7-8-19(23)12-21(15)25-10-9-17(14-25)13-24-22(27)26-16(2)11-18-5-3-4-6-20(18)26/h3-8,12,16-17H,9-11,13-14H2,1-2H3,(H,24,27). The van der Waals surface area contributed by atoms with Gasteiger partial charge in [0, 0.05) is 42.1 Å². The highest BCUT2D eigenvalue weighted by Crippen LogP contribution is 2.32. The highest BCUT2D eigenvalue weighted by Gasteiger charge is 2.31. The monoisotopic (exact) mass is 383 g/mol. The first kappa shape index (κ1) is 18.2. The number of fused-ring (bicyclic) bond motifs is 1. The molecule has 2 unspecified atom stereocenters. The number of hydrogen-bond acceptors (Lipinski definition) is 2. The molecule has 2 heterocycles. The van der Waals surface area contributed by atoms with Crippen LogP contribution in [-0.4, -0.2) is 31.7 Å². The number of para-hydroxylation sites is 1. The van der Waals surface area contributed by atoms with Crippen LogP contribution in [0.1, 0.15) is 24.5 Å². The van der Waals surface area contributed by atoms with Gasteiger partial charge in [0.2, 0.25) is 0 Å². The SMILES string of the molecule is Cc1ccc(Cl)cc1N1CCC(CNC(=O)N2c3ccccc3CC2C)C1. The molecule has 0 radical (unpaired) electrons. The normalized spacial score (nSPS) is 21.4. The Kier molecular flexibility index (Phi) is 5.00. The number of nitrogens with one attached hydrogen (secondary N) is 1. The van der Waals surface area contributed by atoms with E-state index in [1.165, 1.54) is 16.8 Å². The van der Waals surface area contributed by atoms with Crippen LogP contribution in [0.4, 0.5) is 16.2 Å². The molecule has 142 valence electrons. The Morgan fingerprint density at radius 3 is 2.89 bits per heavy atom. The van der Waals surface area contributed by atoms with Crippen molar-refractivity contribution < 1.29 is 4.79 Å². The van der Waals surface area contributed by atoms with Gasteiger partial charge >= 0.3 is 6.03 Å². The molecule has 4 nitrogen and oxygen atoms in total. The van der Waals surface area contributed by atoms with E-state index in [1.807, 2.05) is 35.2 Å². The number of carbonyl (C=O) groups excluding carboxylic acids is 1. The Hall–Kier alpha value is -2.20. The van der Waals surface area contributed by atoms with Crippen LogP contribution in [0.3, 0.4) is 0 Å². The van der Waals surface area contributed by atoms with Crippen LogP contribution < -0.4 is 15.1 Å². The largest absolute Gasteiger partial charge is 0.371 e. The summed E-state index contributed by atoms with van der Waals surface area (Å²) in [5.41, 5.74) is 4.75. The maximum absolute atomic E-state index is 12.8. The smallest absolute Gasteiger partial charge is 0.322 e. The third-order valence-corrected chi connectivity index (χ3v) is 6.00. The van der Waals surface area contributed by atoms with Crippen molar-refractivity contribution in [1.29, 1.82) is 0 Å². The zero-order valence-electron chi connectivity index (χ0n) is 15.9. The minimum atomic E-state index is 0.0184. The number of rotatable bonds is 3. The van der Waals surface area contributed by atoms with Crippen molar-refractivity contribution in [1.82, 2.24) is 5.32 Å². The third-order valence-electron chi connectivity index (χ3n) is 5.77. The number of nitrogens with zero attached hydrogens (tertiary/aromatic N) is 2. The van der Waals surface area contributed by atoms with Crippen LogP contribution in [-0.2, 0) is 6.42 Å². The lowest BCUT2D eigenvalue weighted by molar-refractivity contribution is 0.243. The number of anilines is 2. The molecule has 2 amide bonds. The van der Waals surface area contributed by atoms with E-state index in [1.54, 1.807) is 0 Å². The number of amides is 2. The molecule has 0 saturated carbocycles. The molecule has 27 heavy (non-hydrogen) atoms. The molecule has 2 aromatic carbocycles. The number of carbonyl (C=O) groups is 1. The zero-order valence-corrected chi connectivity index (χ0v) is 16.7. The van der Waals surface area contributed by atoms with Crippen LogP contribution in [0.5, 0.6) is 0 Å². The van der Waals surface area contributed by atoms with E-state index >= 15 is 0 Å². The van der Waals surface area contributed by atoms with Gasteiger partial charge in [-0.05, 0) is 61.9 Å². The topological polar surface area (TPSA) is 35.6 Å². The second-order valence-electron chi connectivity index (χ2n) is 7.77. The minimum absolute atomic E-state index is 0.0184. The van der Waals surface area contributed by atoms with E-state index in [0.717, 1.165) is 36.6 Å². The number of aryl methyl sites for hydroxylation is 1. The van der Waals surface area contributed by atoms with E-state index in [2.05, 4.69) is 36.2 Å². The van der Waals surface area contributed by atoms with E-state index in [0.29, 0.717) is 12.5 Å². The van der Waals surface area contributed by atoms with E-state index in [9.17, 15) is 4.79 Å². The lowest BCUT2D eigenvalue weighted by Crippen LogP contribution is -2.45. The van der Waals surface area contributed by atoms with Crippen molar-refractivity contribution in [2.75, 3.05) is 29.4 Å². The molecule has 0 aromatic heterocycles. The second-order valence-corrected chi connectivity index (χ2v) is 8.21. The third kappa shape index (κ3) is 3.63. The molecular weight excluding hydrogens is 358 g/mol. The van der Waals surface area contributed by atoms with Gasteiger partial charge < -0.3 is 10.2 Å². The summed E-state index contributed by atoms with van der Waals surface area (Å²) in [6, 6.07) is 14.5. The molecule has 4 rings (SSSR count). The molecule has 0 bridgehead atoms. The van der Waals surface area contributed by atoms with Crippen molar-refractivity contribution in [2.45, 2.75) is 32.7 Å². The molecule has 1 saturated heterocycles. The van der Waals surface area contributed by atoms with Crippen LogP contribution in [0.15, 0.2) is 42.5 Å². The Bertz CT molecular complexity index is 853. The number of urea groups is 1. The van der Waals surface area contributed by atoms with E-state index in [-0.39, 0.29) is 12.1 Å². The molecular formula is C22H26ClN3O. The number of halogens is 1. The fourth-order valence-electron chi connectivity index (χ4n) is 4.33. The highest BCUT2D eigenvalue weighted by molar-refractivity contribution is 6.30.